The van der Waals surface area contributed by atoms with Gasteiger partial charge in [0.1, 0.15) is 11.5 Å². The van der Waals surface area contributed by atoms with Crippen molar-refractivity contribution in [3.63, 3.8) is 0 Å². The number of amides is 1. The van der Waals surface area contributed by atoms with Crippen LogP contribution in [0.5, 0.6) is 5.75 Å². The number of piperazine rings is 1. The minimum atomic E-state index is 0.0428. The normalized spacial score (nSPS) is 15.5. The average Bonchev–Trinajstić information content (AvgIpc) is 3.01. The Hall–Kier alpha value is -1.98. The van der Waals surface area contributed by atoms with E-state index < -0.39 is 0 Å². The lowest BCUT2D eigenvalue weighted by Gasteiger charge is -2.34. The van der Waals surface area contributed by atoms with Crippen molar-refractivity contribution in [2.45, 2.75) is 13.5 Å². The molecule has 0 unspecified atom stereocenters. The Morgan fingerprint density at radius 3 is 2.62 bits per heavy atom. The summed E-state index contributed by atoms with van der Waals surface area (Å²) in [5.41, 5.74) is 1.72. The van der Waals surface area contributed by atoms with Gasteiger partial charge in [0.25, 0.3) is 5.91 Å². The van der Waals surface area contributed by atoms with Gasteiger partial charge in [0.15, 0.2) is 0 Å². The molecule has 1 aromatic carbocycles. The summed E-state index contributed by atoms with van der Waals surface area (Å²) in [7, 11) is 1.66. The Kier molecular flexibility index (Phi) is 5.11. The molecule has 2 aromatic rings. The molecule has 0 N–H and O–H groups in total. The van der Waals surface area contributed by atoms with Crippen LogP contribution in [0.3, 0.4) is 0 Å². The largest absolute Gasteiger partial charge is 0.496 e. The molecule has 128 valence electrons. The standard InChI is InChI=1S/C18H21ClN2O3/c1-13-16(5-10-24-13)18(22)21-8-6-20(7-9-21)12-14-11-15(19)3-4-17(14)23-2/h3-5,10-11H,6-9,12H2,1-2H3. The molecule has 0 saturated carbocycles. The molecular formula is C18H21ClN2O3. The van der Waals surface area contributed by atoms with E-state index in [9.17, 15) is 4.79 Å². The number of aryl methyl sites for hydroxylation is 1. The number of methoxy groups -OCH3 is 1. The van der Waals surface area contributed by atoms with Crippen molar-refractivity contribution in [3.05, 3.63) is 52.4 Å². The summed E-state index contributed by atoms with van der Waals surface area (Å²) in [5.74, 6) is 1.55. The number of halogens is 1. The minimum Gasteiger partial charge on any atom is -0.496 e. The molecule has 0 radical (unpaired) electrons. The second-order valence-corrected chi connectivity index (χ2v) is 6.35. The summed E-state index contributed by atoms with van der Waals surface area (Å²) in [5, 5.41) is 0.704. The molecular weight excluding hydrogens is 328 g/mol. The SMILES string of the molecule is COc1ccc(Cl)cc1CN1CCN(C(=O)c2ccoc2C)CC1. The van der Waals surface area contributed by atoms with Gasteiger partial charge in [-0.25, -0.2) is 0 Å². The zero-order chi connectivity index (χ0) is 17.1. The first-order valence-electron chi connectivity index (χ1n) is 7.96. The first-order valence-corrected chi connectivity index (χ1v) is 8.34. The van der Waals surface area contributed by atoms with Gasteiger partial charge in [-0.3, -0.25) is 9.69 Å². The predicted molar refractivity (Wildman–Crippen MR) is 92.6 cm³/mol. The lowest BCUT2D eigenvalue weighted by molar-refractivity contribution is 0.0625. The Balaban J connectivity index is 1.61. The summed E-state index contributed by atoms with van der Waals surface area (Å²) >= 11 is 6.09. The van der Waals surface area contributed by atoms with Crippen LogP contribution in [0.2, 0.25) is 5.02 Å². The van der Waals surface area contributed by atoms with Gasteiger partial charge in [-0.05, 0) is 31.2 Å². The summed E-state index contributed by atoms with van der Waals surface area (Å²) in [6, 6.07) is 7.39. The zero-order valence-electron chi connectivity index (χ0n) is 13.9. The number of carbonyl (C=O) groups is 1. The number of ether oxygens (including phenoxy) is 1. The van der Waals surface area contributed by atoms with Gasteiger partial charge in [0.05, 0.1) is 18.9 Å². The molecule has 0 aliphatic carbocycles. The fourth-order valence-corrected chi connectivity index (χ4v) is 3.19. The summed E-state index contributed by atoms with van der Waals surface area (Å²) in [6.45, 7) is 5.61. The molecule has 1 saturated heterocycles. The third-order valence-electron chi connectivity index (χ3n) is 4.39. The number of rotatable bonds is 4. The molecule has 2 heterocycles. The third-order valence-corrected chi connectivity index (χ3v) is 4.62. The topological polar surface area (TPSA) is 45.9 Å². The number of benzene rings is 1. The van der Waals surface area contributed by atoms with Crippen LogP contribution in [0.25, 0.3) is 0 Å². The second-order valence-electron chi connectivity index (χ2n) is 5.91. The highest BCUT2D eigenvalue weighted by atomic mass is 35.5. The molecule has 1 aromatic heterocycles. The molecule has 24 heavy (non-hydrogen) atoms. The molecule has 0 atom stereocenters. The highest BCUT2D eigenvalue weighted by Crippen LogP contribution is 2.24. The number of hydrogen-bond acceptors (Lipinski definition) is 4. The molecule has 0 bridgehead atoms. The highest BCUT2D eigenvalue weighted by molar-refractivity contribution is 6.30. The van der Waals surface area contributed by atoms with Crippen LogP contribution in [0.4, 0.5) is 0 Å². The van der Waals surface area contributed by atoms with Gasteiger partial charge >= 0.3 is 0 Å². The maximum atomic E-state index is 12.5. The monoisotopic (exact) mass is 348 g/mol. The lowest BCUT2D eigenvalue weighted by Crippen LogP contribution is -2.48. The molecule has 1 aliphatic heterocycles. The van der Waals surface area contributed by atoms with Crippen LogP contribution in [0.1, 0.15) is 21.7 Å². The van der Waals surface area contributed by atoms with E-state index in [1.54, 1.807) is 19.4 Å². The Bertz CT molecular complexity index is 721. The Morgan fingerprint density at radius 2 is 2.00 bits per heavy atom. The average molecular weight is 349 g/mol. The van der Waals surface area contributed by atoms with Gasteiger partial charge in [-0.1, -0.05) is 11.6 Å². The first-order chi connectivity index (χ1) is 11.6. The third kappa shape index (κ3) is 3.57. The molecule has 0 spiro atoms. The minimum absolute atomic E-state index is 0.0428. The highest BCUT2D eigenvalue weighted by Gasteiger charge is 2.24. The van der Waals surface area contributed by atoms with E-state index in [2.05, 4.69) is 4.90 Å². The molecule has 1 aliphatic rings. The van der Waals surface area contributed by atoms with E-state index in [0.29, 0.717) is 29.4 Å². The van der Waals surface area contributed by atoms with Crippen molar-refractivity contribution < 1.29 is 13.9 Å². The van der Waals surface area contributed by atoms with Crippen LogP contribution in [-0.4, -0.2) is 49.0 Å². The van der Waals surface area contributed by atoms with E-state index in [1.807, 2.05) is 30.0 Å². The molecule has 1 fully saturated rings. The van der Waals surface area contributed by atoms with Crippen molar-refractivity contribution in [2.75, 3.05) is 33.3 Å². The van der Waals surface area contributed by atoms with E-state index in [1.165, 1.54) is 0 Å². The summed E-state index contributed by atoms with van der Waals surface area (Å²) in [6.07, 6.45) is 1.56. The lowest BCUT2D eigenvalue weighted by atomic mass is 10.1. The first kappa shape index (κ1) is 16.9. The smallest absolute Gasteiger partial charge is 0.257 e. The van der Waals surface area contributed by atoms with E-state index in [-0.39, 0.29) is 5.91 Å². The fraction of sp³-hybridized carbons (Fsp3) is 0.389. The van der Waals surface area contributed by atoms with Gasteiger partial charge in [0, 0.05) is 43.3 Å². The van der Waals surface area contributed by atoms with Crippen molar-refractivity contribution >= 4 is 17.5 Å². The zero-order valence-corrected chi connectivity index (χ0v) is 14.7. The summed E-state index contributed by atoms with van der Waals surface area (Å²) in [4.78, 5) is 16.7. The molecule has 1 amide bonds. The van der Waals surface area contributed by atoms with Crippen molar-refractivity contribution in [3.8, 4) is 5.75 Å². The number of furan rings is 1. The number of carbonyl (C=O) groups excluding carboxylic acids is 1. The summed E-state index contributed by atoms with van der Waals surface area (Å²) < 4.78 is 10.6. The van der Waals surface area contributed by atoms with Crippen molar-refractivity contribution in [2.24, 2.45) is 0 Å². The van der Waals surface area contributed by atoms with E-state index >= 15 is 0 Å². The van der Waals surface area contributed by atoms with Crippen LogP contribution < -0.4 is 4.74 Å². The van der Waals surface area contributed by atoms with Gasteiger partial charge in [-0.2, -0.15) is 0 Å². The predicted octanol–water partition coefficient (Wildman–Crippen LogP) is 3.21. The van der Waals surface area contributed by atoms with E-state index in [0.717, 1.165) is 30.9 Å². The van der Waals surface area contributed by atoms with Crippen molar-refractivity contribution in [1.29, 1.82) is 0 Å². The fourth-order valence-electron chi connectivity index (χ4n) is 3.00. The van der Waals surface area contributed by atoms with Crippen LogP contribution in [0.15, 0.2) is 34.9 Å². The van der Waals surface area contributed by atoms with Gasteiger partial charge < -0.3 is 14.1 Å². The molecule has 5 nitrogen and oxygen atoms in total. The van der Waals surface area contributed by atoms with Crippen LogP contribution in [0, 0.1) is 6.92 Å². The Morgan fingerprint density at radius 1 is 1.25 bits per heavy atom. The quantitative estimate of drug-likeness (QED) is 0.851. The Labute approximate surface area is 146 Å². The molecule has 3 rings (SSSR count). The van der Waals surface area contributed by atoms with E-state index in [4.69, 9.17) is 20.8 Å². The van der Waals surface area contributed by atoms with Gasteiger partial charge in [0.2, 0.25) is 0 Å². The molecule has 6 heteroatoms. The number of hydrogen-bond donors (Lipinski definition) is 0. The van der Waals surface area contributed by atoms with Crippen molar-refractivity contribution in [1.82, 2.24) is 9.80 Å². The maximum Gasteiger partial charge on any atom is 0.257 e. The van der Waals surface area contributed by atoms with Crippen LogP contribution in [-0.2, 0) is 6.54 Å². The number of nitrogens with zero attached hydrogens (tertiary/aromatic N) is 2. The van der Waals surface area contributed by atoms with Gasteiger partial charge in [-0.15, -0.1) is 0 Å². The van der Waals surface area contributed by atoms with Crippen LogP contribution >= 0.6 is 11.6 Å². The maximum absolute atomic E-state index is 12.5. The second kappa shape index (κ2) is 7.28.